The highest BCUT2D eigenvalue weighted by Gasteiger charge is 2.21. The number of carbonyl (C=O) groups excluding carboxylic acids is 2. The second kappa shape index (κ2) is 8.91. The first kappa shape index (κ1) is 19.9. The van der Waals surface area contributed by atoms with Gasteiger partial charge in [0.15, 0.2) is 6.10 Å². The number of aryl methyl sites for hydroxylation is 2. The van der Waals surface area contributed by atoms with E-state index < -0.39 is 12.1 Å². The molecule has 1 aliphatic carbocycles. The minimum atomic E-state index is -0.608. The first-order valence-electron chi connectivity index (χ1n) is 9.80. The molecule has 0 saturated carbocycles. The van der Waals surface area contributed by atoms with Crippen molar-refractivity contribution >= 4 is 17.6 Å². The van der Waals surface area contributed by atoms with E-state index in [1.807, 2.05) is 13.0 Å². The average molecular weight is 381 g/mol. The van der Waals surface area contributed by atoms with Crippen LogP contribution < -0.4 is 10.1 Å². The summed E-state index contributed by atoms with van der Waals surface area (Å²) in [5.74, 6) is 0.0685. The van der Waals surface area contributed by atoms with E-state index in [0.29, 0.717) is 23.2 Å². The molecule has 0 fully saturated rings. The fraction of sp³-hybridized carbons (Fsp3) is 0.391. The van der Waals surface area contributed by atoms with Gasteiger partial charge in [0.25, 0.3) is 5.91 Å². The average Bonchev–Trinajstić information content (AvgIpc) is 2.72. The molecule has 2 aromatic carbocycles. The first-order valence-corrected chi connectivity index (χ1v) is 9.80. The molecule has 148 valence electrons. The van der Waals surface area contributed by atoms with E-state index in [-0.39, 0.29) is 5.91 Å². The Bertz CT molecular complexity index is 875. The standard InChI is InChI=1S/C23H27NO4/c1-4-21(28-18-13-12-16-8-5-6-9-17(16)14-18)22(25)24-20-11-7-10-19(15(20)2)23(26)27-3/h7,10-14,21H,4-6,8-9H2,1-3H3,(H,24,25). The topological polar surface area (TPSA) is 64.6 Å². The number of methoxy groups -OCH3 is 1. The number of nitrogens with one attached hydrogen (secondary N) is 1. The lowest BCUT2D eigenvalue weighted by Crippen LogP contribution is -2.32. The second-order valence-corrected chi connectivity index (χ2v) is 7.11. The summed E-state index contributed by atoms with van der Waals surface area (Å²) in [7, 11) is 1.34. The third kappa shape index (κ3) is 4.35. The van der Waals surface area contributed by atoms with Crippen LogP contribution in [0.2, 0.25) is 0 Å². The Balaban J connectivity index is 1.73. The van der Waals surface area contributed by atoms with Crippen molar-refractivity contribution in [3.8, 4) is 5.75 Å². The molecule has 2 aromatic rings. The second-order valence-electron chi connectivity index (χ2n) is 7.11. The molecule has 5 nitrogen and oxygen atoms in total. The van der Waals surface area contributed by atoms with Gasteiger partial charge in [-0.2, -0.15) is 0 Å². The van der Waals surface area contributed by atoms with Gasteiger partial charge in [-0.1, -0.05) is 19.1 Å². The molecule has 0 aliphatic heterocycles. The highest BCUT2D eigenvalue weighted by atomic mass is 16.5. The van der Waals surface area contributed by atoms with Crippen LogP contribution in [0, 0.1) is 6.92 Å². The van der Waals surface area contributed by atoms with E-state index in [0.717, 1.165) is 18.6 Å². The Hall–Kier alpha value is -2.82. The normalized spacial score (nSPS) is 14.0. The summed E-state index contributed by atoms with van der Waals surface area (Å²) in [4.78, 5) is 24.6. The van der Waals surface area contributed by atoms with Crippen molar-refractivity contribution < 1.29 is 19.1 Å². The van der Waals surface area contributed by atoms with Crippen LogP contribution in [0.15, 0.2) is 36.4 Å². The number of rotatable bonds is 6. The van der Waals surface area contributed by atoms with E-state index in [1.54, 1.807) is 25.1 Å². The molecule has 1 unspecified atom stereocenters. The number of amides is 1. The zero-order valence-corrected chi connectivity index (χ0v) is 16.7. The van der Waals surface area contributed by atoms with Crippen LogP contribution in [0.3, 0.4) is 0 Å². The maximum Gasteiger partial charge on any atom is 0.338 e. The number of hydrogen-bond donors (Lipinski definition) is 1. The molecule has 0 bridgehead atoms. The van der Waals surface area contributed by atoms with Gasteiger partial charge in [-0.25, -0.2) is 4.79 Å². The number of esters is 1. The lowest BCUT2D eigenvalue weighted by molar-refractivity contribution is -0.122. The predicted octanol–water partition coefficient (Wildman–Crippen LogP) is 4.46. The van der Waals surface area contributed by atoms with Crippen LogP contribution in [0.5, 0.6) is 5.75 Å². The Kier molecular flexibility index (Phi) is 6.34. The molecule has 3 rings (SSSR count). The smallest absolute Gasteiger partial charge is 0.338 e. The number of fused-ring (bicyclic) bond motifs is 1. The molecular weight excluding hydrogens is 354 g/mol. The molecule has 5 heteroatoms. The summed E-state index contributed by atoms with van der Waals surface area (Å²) in [6.45, 7) is 3.70. The Morgan fingerprint density at radius 3 is 2.57 bits per heavy atom. The molecule has 0 spiro atoms. The summed E-state index contributed by atoms with van der Waals surface area (Å²) in [5, 5.41) is 2.89. The van der Waals surface area contributed by atoms with Gasteiger partial charge in [0, 0.05) is 5.69 Å². The van der Waals surface area contributed by atoms with Crippen LogP contribution >= 0.6 is 0 Å². The zero-order chi connectivity index (χ0) is 20.1. The van der Waals surface area contributed by atoms with E-state index in [4.69, 9.17) is 9.47 Å². The maximum atomic E-state index is 12.8. The van der Waals surface area contributed by atoms with Crippen LogP contribution in [-0.4, -0.2) is 25.1 Å². The Morgan fingerprint density at radius 1 is 1.11 bits per heavy atom. The highest BCUT2D eigenvalue weighted by molar-refractivity contribution is 5.98. The molecule has 1 N–H and O–H groups in total. The Morgan fingerprint density at radius 2 is 1.86 bits per heavy atom. The van der Waals surface area contributed by atoms with Gasteiger partial charge in [-0.15, -0.1) is 0 Å². The van der Waals surface area contributed by atoms with Gasteiger partial charge in [0.2, 0.25) is 0 Å². The molecule has 28 heavy (non-hydrogen) atoms. The third-order valence-corrected chi connectivity index (χ3v) is 5.26. The summed E-state index contributed by atoms with van der Waals surface area (Å²) in [6, 6.07) is 11.3. The summed E-state index contributed by atoms with van der Waals surface area (Å²) in [5.41, 5.74) is 4.39. The minimum absolute atomic E-state index is 0.231. The van der Waals surface area contributed by atoms with Crippen molar-refractivity contribution in [3.05, 3.63) is 58.7 Å². The van der Waals surface area contributed by atoms with E-state index in [9.17, 15) is 9.59 Å². The van der Waals surface area contributed by atoms with Gasteiger partial charge < -0.3 is 14.8 Å². The molecule has 1 atom stereocenters. The summed E-state index contributed by atoms with van der Waals surface area (Å²) >= 11 is 0. The Labute approximate surface area is 166 Å². The van der Waals surface area contributed by atoms with Crippen molar-refractivity contribution in [2.45, 2.75) is 52.1 Å². The van der Waals surface area contributed by atoms with Gasteiger partial charge in [-0.05, 0) is 80.0 Å². The van der Waals surface area contributed by atoms with Gasteiger partial charge in [0.1, 0.15) is 5.75 Å². The number of hydrogen-bond acceptors (Lipinski definition) is 4. The molecule has 0 saturated heterocycles. The molecular formula is C23H27NO4. The monoisotopic (exact) mass is 381 g/mol. The molecule has 0 radical (unpaired) electrons. The van der Waals surface area contributed by atoms with Crippen molar-refractivity contribution in [2.24, 2.45) is 0 Å². The fourth-order valence-corrected chi connectivity index (χ4v) is 3.59. The van der Waals surface area contributed by atoms with Crippen LogP contribution in [-0.2, 0) is 22.4 Å². The van der Waals surface area contributed by atoms with Gasteiger partial charge in [-0.3, -0.25) is 4.79 Å². The number of carbonyl (C=O) groups is 2. The van der Waals surface area contributed by atoms with Crippen molar-refractivity contribution in [2.75, 3.05) is 12.4 Å². The largest absolute Gasteiger partial charge is 0.481 e. The maximum absolute atomic E-state index is 12.8. The quantitative estimate of drug-likeness (QED) is 0.751. The van der Waals surface area contributed by atoms with Crippen LogP contribution in [0.25, 0.3) is 0 Å². The summed E-state index contributed by atoms with van der Waals surface area (Å²) < 4.78 is 10.8. The van der Waals surface area contributed by atoms with Crippen molar-refractivity contribution in [3.63, 3.8) is 0 Å². The first-order chi connectivity index (χ1) is 13.5. The third-order valence-electron chi connectivity index (χ3n) is 5.26. The SMILES string of the molecule is CCC(Oc1ccc2c(c1)CCCC2)C(=O)Nc1cccc(C(=O)OC)c1C. The fourth-order valence-electron chi connectivity index (χ4n) is 3.59. The molecule has 0 heterocycles. The molecule has 1 aliphatic rings. The van der Waals surface area contributed by atoms with Crippen molar-refractivity contribution in [1.82, 2.24) is 0 Å². The predicted molar refractivity (Wildman–Crippen MR) is 109 cm³/mol. The number of benzene rings is 2. The summed E-state index contributed by atoms with van der Waals surface area (Å²) in [6.07, 6.45) is 4.54. The number of ether oxygens (including phenoxy) is 2. The van der Waals surface area contributed by atoms with Crippen LogP contribution in [0.4, 0.5) is 5.69 Å². The van der Waals surface area contributed by atoms with E-state index >= 15 is 0 Å². The van der Waals surface area contributed by atoms with E-state index in [1.165, 1.54) is 31.1 Å². The van der Waals surface area contributed by atoms with Crippen LogP contribution in [0.1, 0.15) is 53.2 Å². The minimum Gasteiger partial charge on any atom is -0.481 e. The van der Waals surface area contributed by atoms with Gasteiger partial charge in [0.05, 0.1) is 12.7 Å². The molecule has 1 amide bonds. The van der Waals surface area contributed by atoms with E-state index in [2.05, 4.69) is 17.4 Å². The van der Waals surface area contributed by atoms with Gasteiger partial charge >= 0.3 is 5.97 Å². The lowest BCUT2D eigenvalue weighted by atomic mass is 9.92. The highest BCUT2D eigenvalue weighted by Crippen LogP contribution is 2.26. The zero-order valence-electron chi connectivity index (χ0n) is 16.7. The molecule has 0 aromatic heterocycles. The lowest BCUT2D eigenvalue weighted by Gasteiger charge is -2.21. The van der Waals surface area contributed by atoms with Crippen molar-refractivity contribution in [1.29, 1.82) is 0 Å². The number of anilines is 1.